The van der Waals surface area contributed by atoms with Crippen LogP contribution in [0.4, 0.5) is 0 Å². The molecular formula is C18H23ClN2O4S2. The van der Waals surface area contributed by atoms with Crippen molar-refractivity contribution in [3.05, 3.63) is 29.1 Å². The van der Waals surface area contributed by atoms with Gasteiger partial charge in [-0.25, -0.2) is 13.2 Å². The summed E-state index contributed by atoms with van der Waals surface area (Å²) in [6.07, 6.45) is 2.72. The number of ether oxygens (including phenoxy) is 1. The number of thiophene rings is 1. The van der Waals surface area contributed by atoms with Crippen molar-refractivity contribution in [2.75, 3.05) is 19.7 Å². The third-order valence-electron chi connectivity index (χ3n) is 4.84. The molecular weight excluding hydrogens is 408 g/mol. The Balaban J connectivity index is 0.00000210. The molecule has 2 heterocycles. The summed E-state index contributed by atoms with van der Waals surface area (Å²) < 4.78 is 34.2. The van der Waals surface area contributed by atoms with Crippen LogP contribution >= 0.6 is 23.7 Å². The number of carbonyl (C=O) groups excluding carboxylic acids is 1. The van der Waals surface area contributed by atoms with Crippen LogP contribution in [-0.2, 0) is 14.8 Å². The van der Waals surface area contributed by atoms with E-state index in [0.29, 0.717) is 22.9 Å². The zero-order valence-corrected chi connectivity index (χ0v) is 17.5. The van der Waals surface area contributed by atoms with E-state index in [4.69, 9.17) is 4.74 Å². The Kier molecular flexibility index (Phi) is 6.12. The highest BCUT2D eigenvalue weighted by Gasteiger charge is 2.43. The summed E-state index contributed by atoms with van der Waals surface area (Å²) in [6, 6.07) is 6.99. The Hall–Kier alpha value is -1.19. The van der Waals surface area contributed by atoms with Crippen molar-refractivity contribution in [2.45, 2.75) is 43.2 Å². The zero-order valence-electron chi connectivity index (χ0n) is 15.0. The van der Waals surface area contributed by atoms with Gasteiger partial charge < -0.3 is 10.1 Å². The lowest BCUT2D eigenvalue weighted by Gasteiger charge is -2.27. The van der Waals surface area contributed by atoms with Crippen LogP contribution in [0.5, 0.6) is 0 Å². The largest absolute Gasteiger partial charge is 0.462 e. The van der Waals surface area contributed by atoms with Crippen molar-refractivity contribution >= 4 is 49.8 Å². The summed E-state index contributed by atoms with van der Waals surface area (Å²) in [6.45, 7) is 3.65. The molecule has 2 aliphatic rings. The van der Waals surface area contributed by atoms with Gasteiger partial charge in [0, 0.05) is 23.3 Å². The lowest BCUT2D eigenvalue weighted by Crippen LogP contribution is -2.43. The summed E-state index contributed by atoms with van der Waals surface area (Å²) in [5, 5.41) is 4.02. The number of nitrogens with zero attached hydrogens (tertiary/aromatic N) is 1. The number of benzene rings is 1. The van der Waals surface area contributed by atoms with Gasteiger partial charge in [-0.3, -0.25) is 0 Å². The highest BCUT2D eigenvalue weighted by atomic mass is 35.5. The molecule has 0 radical (unpaired) electrons. The number of sulfonamides is 1. The van der Waals surface area contributed by atoms with E-state index >= 15 is 0 Å². The van der Waals surface area contributed by atoms with E-state index in [1.807, 2.05) is 0 Å². The Morgan fingerprint density at radius 1 is 1.26 bits per heavy atom. The lowest BCUT2D eigenvalue weighted by atomic mass is 10.2. The van der Waals surface area contributed by atoms with Gasteiger partial charge >= 0.3 is 5.97 Å². The van der Waals surface area contributed by atoms with Crippen LogP contribution in [0, 0.1) is 0 Å². The standard InChI is InChI=1S/C18H22N2O4S2.ClH/c1-2-24-18(21)17-10-12-9-15(5-6-16(12)25-17)26(22,23)20(13-3-4-13)14-7-8-19-11-14;/h5-6,9-10,13-14,19H,2-4,7-8,11H2,1H3;1H. The molecule has 1 aliphatic carbocycles. The topological polar surface area (TPSA) is 75.7 Å². The van der Waals surface area contributed by atoms with Crippen molar-refractivity contribution in [3.8, 4) is 0 Å². The van der Waals surface area contributed by atoms with Gasteiger partial charge in [0.15, 0.2) is 0 Å². The maximum atomic E-state index is 13.3. The minimum Gasteiger partial charge on any atom is -0.462 e. The molecule has 9 heteroatoms. The number of halogens is 1. The van der Waals surface area contributed by atoms with Crippen molar-refractivity contribution < 1.29 is 17.9 Å². The van der Waals surface area contributed by atoms with Crippen LogP contribution < -0.4 is 5.32 Å². The van der Waals surface area contributed by atoms with Crippen LogP contribution in [-0.4, -0.2) is 50.5 Å². The van der Waals surface area contributed by atoms with Crippen molar-refractivity contribution in [3.63, 3.8) is 0 Å². The number of carbonyl (C=O) groups is 1. The SMILES string of the molecule is CCOC(=O)c1cc2cc(S(=O)(=O)N(C3CC3)C3CCNC3)ccc2s1.Cl. The van der Waals surface area contributed by atoms with Gasteiger partial charge in [0.25, 0.3) is 0 Å². The first-order valence-electron chi connectivity index (χ1n) is 8.95. The number of rotatable bonds is 6. The maximum Gasteiger partial charge on any atom is 0.348 e. The third-order valence-corrected chi connectivity index (χ3v) is 7.94. The Morgan fingerprint density at radius 2 is 2.04 bits per heavy atom. The molecule has 6 nitrogen and oxygen atoms in total. The molecule has 0 bridgehead atoms. The number of nitrogens with one attached hydrogen (secondary N) is 1. The summed E-state index contributed by atoms with van der Waals surface area (Å²) in [5.74, 6) is -0.366. The maximum absolute atomic E-state index is 13.3. The summed E-state index contributed by atoms with van der Waals surface area (Å²) >= 11 is 1.32. The van der Waals surface area contributed by atoms with Gasteiger partial charge in [-0.15, -0.1) is 23.7 Å². The van der Waals surface area contributed by atoms with Crippen LogP contribution in [0.1, 0.15) is 35.9 Å². The Bertz CT molecular complexity index is 934. The molecule has 1 saturated heterocycles. The van der Waals surface area contributed by atoms with Gasteiger partial charge in [-0.1, -0.05) is 0 Å². The monoisotopic (exact) mass is 430 g/mol. The molecule has 27 heavy (non-hydrogen) atoms. The van der Waals surface area contributed by atoms with Crippen molar-refractivity contribution in [1.82, 2.24) is 9.62 Å². The van der Waals surface area contributed by atoms with Crippen LogP contribution in [0.2, 0.25) is 0 Å². The predicted octanol–water partition coefficient (Wildman–Crippen LogP) is 3.01. The zero-order chi connectivity index (χ0) is 18.3. The minimum atomic E-state index is -3.55. The normalized spacial score (nSPS) is 20.0. The van der Waals surface area contributed by atoms with Crippen LogP contribution in [0.25, 0.3) is 10.1 Å². The molecule has 0 spiro atoms. The van der Waals surface area contributed by atoms with Gasteiger partial charge in [0.2, 0.25) is 10.0 Å². The highest BCUT2D eigenvalue weighted by Crippen LogP contribution is 2.37. The molecule has 4 rings (SSSR count). The van der Waals surface area contributed by atoms with Gasteiger partial charge in [0.05, 0.1) is 11.5 Å². The molecule has 2 fully saturated rings. The van der Waals surface area contributed by atoms with E-state index in [9.17, 15) is 13.2 Å². The van der Waals surface area contributed by atoms with E-state index in [1.54, 1.807) is 35.5 Å². The second-order valence-electron chi connectivity index (χ2n) is 6.74. The average molecular weight is 431 g/mol. The van der Waals surface area contributed by atoms with E-state index in [1.165, 1.54) is 11.3 Å². The molecule has 1 saturated carbocycles. The summed E-state index contributed by atoms with van der Waals surface area (Å²) in [7, 11) is -3.55. The molecule has 1 atom stereocenters. The fraction of sp³-hybridized carbons (Fsp3) is 0.500. The minimum absolute atomic E-state index is 0. The molecule has 2 aromatic rings. The quantitative estimate of drug-likeness (QED) is 0.713. The molecule has 1 aliphatic heterocycles. The van der Waals surface area contributed by atoms with E-state index < -0.39 is 10.0 Å². The van der Waals surface area contributed by atoms with Crippen LogP contribution in [0.3, 0.4) is 0 Å². The van der Waals surface area contributed by atoms with Gasteiger partial charge in [0.1, 0.15) is 4.88 Å². The van der Waals surface area contributed by atoms with Gasteiger partial charge in [-0.05, 0) is 62.4 Å². The molecule has 148 valence electrons. The third kappa shape index (κ3) is 4.00. The molecule has 1 N–H and O–H groups in total. The van der Waals surface area contributed by atoms with Crippen molar-refractivity contribution in [1.29, 1.82) is 0 Å². The summed E-state index contributed by atoms with van der Waals surface area (Å²) in [5.41, 5.74) is 0. The first-order chi connectivity index (χ1) is 12.5. The smallest absolute Gasteiger partial charge is 0.348 e. The summed E-state index contributed by atoms with van der Waals surface area (Å²) in [4.78, 5) is 12.7. The number of hydrogen-bond donors (Lipinski definition) is 1. The second-order valence-corrected chi connectivity index (χ2v) is 9.67. The fourth-order valence-corrected chi connectivity index (χ4v) is 6.35. The number of hydrogen-bond acceptors (Lipinski definition) is 6. The number of fused-ring (bicyclic) bond motifs is 1. The van der Waals surface area contributed by atoms with Gasteiger partial charge in [-0.2, -0.15) is 4.31 Å². The lowest BCUT2D eigenvalue weighted by molar-refractivity contribution is 0.0532. The average Bonchev–Trinajstić information content (AvgIpc) is 3.11. The van der Waals surface area contributed by atoms with Crippen LogP contribution in [0.15, 0.2) is 29.2 Å². The van der Waals surface area contributed by atoms with Crippen molar-refractivity contribution in [2.24, 2.45) is 0 Å². The molecule has 1 aromatic carbocycles. The predicted molar refractivity (Wildman–Crippen MR) is 108 cm³/mol. The Morgan fingerprint density at radius 3 is 2.67 bits per heavy atom. The number of esters is 1. The van der Waals surface area contributed by atoms with E-state index in [0.717, 1.165) is 35.9 Å². The Labute approximate surface area is 169 Å². The van der Waals surface area contributed by atoms with E-state index in [2.05, 4.69) is 5.32 Å². The molecule has 1 aromatic heterocycles. The van der Waals surface area contributed by atoms with E-state index in [-0.39, 0.29) is 30.5 Å². The highest BCUT2D eigenvalue weighted by molar-refractivity contribution is 7.89. The molecule has 0 amide bonds. The first-order valence-corrected chi connectivity index (χ1v) is 11.2. The first kappa shape index (κ1) is 20.5. The fourth-order valence-electron chi connectivity index (χ4n) is 3.48. The second kappa shape index (κ2) is 8.05. The molecule has 1 unspecified atom stereocenters.